The van der Waals surface area contributed by atoms with E-state index in [2.05, 4.69) is 15.2 Å². The third-order valence-corrected chi connectivity index (χ3v) is 5.02. The lowest BCUT2D eigenvalue weighted by Crippen LogP contribution is -2.66. The average molecular weight is 303 g/mol. The lowest BCUT2D eigenvalue weighted by atomic mass is 9.95. The van der Waals surface area contributed by atoms with Gasteiger partial charge in [0, 0.05) is 30.2 Å². The molecule has 2 N–H and O–H groups in total. The lowest BCUT2D eigenvalue weighted by Gasteiger charge is -2.48. The smallest absolute Gasteiger partial charge is 0.132 e. The van der Waals surface area contributed by atoms with Crippen LogP contribution in [0.1, 0.15) is 18.4 Å². The van der Waals surface area contributed by atoms with Crippen LogP contribution < -0.4 is 5.32 Å². The van der Waals surface area contributed by atoms with Crippen molar-refractivity contribution in [3.63, 3.8) is 0 Å². The predicted molar refractivity (Wildman–Crippen MR) is 84.3 cm³/mol. The number of nitrogens with zero attached hydrogens (tertiary/aromatic N) is 1. The van der Waals surface area contributed by atoms with Crippen molar-refractivity contribution in [2.45, 2.75) is 24.9 Å². The summed E-state index contributed by atoms with van der Waals surface area (Å²) in [7, 11) is 0. The number of nitrogens with one attached hydrogen (secondary N) is 2. The van der Waals surface area contributed by atoms with E-state index in [4.69, 9.17) is 4.74 Å². The Morgan fingerprint density at radius 1 is 1.27 bits per heavy atom. The van der Waals surface area contributed by atoms with Gasteiger partial charge in [0.25, 0.3) is 0 Å². The van der Waals surface area contributed by atoms with Gasteiger partial charge in [0.15, 0.2) is 0 Å². The molecule has 1 aromatic heterocycles. The fraction of sp³-hybridized carbons (Fsp3) is 0.529. The summed E-state index contributed by atoms with van der Waals surface area (Å²) >= 11 is 0. The second-order valence-corrected chi connectivity index (χ2v) is 6.49. The summed E-state index contributed by atoms with van der Waals surface area (Å²) in [6, 6.07) is 5.16. The fourth-order valence-electron chi connectivity index (χ4n) is 3.70. The van der Waals surface area contributed by atoms with Gasteiger partial charge in [-0.2, -0.15) is 0 Å². The minimum Gasteiger partial charge on any atom is -0.377 e. The maximum atomic E-state index is 14.0. The molecule has 0 radical (unpaired) electrons. The van der Waals surface area contributed by atoms with Gasteiger partial charge in [-0.15, -0.1) is 0 Å². The monoisotopic (exact) mass is 303 g/mol. The van der Waals surface area contributed by atoms with Crippen molar-refractivity contribution in [2.24, 2.45) is 0 Å². The molecule has 2 saturated heterocycles. The summed E-state index contributed by atoms with van der Waals surface area (Å²) in [4.78, 5) is 5.70. The first-order valence-electron chi connectivity index (χ1n) is 8.07. The second kappa shape index (κ2) is 5.65. The number of halogens is 1. The summed E-state index contributed by atoms with van der Waals surface area (Å²) in [6.45, 7) is 5.54. The number of rotatable bonds is 5. The number of benzene rings is 1. The highest BCUT2D eigenvalue weighted by molar-refractivity contribution is 5.83. The van der Waals surface area contributed by atoms with E-state index < -0.39 is 0 Å². The molecule has 0 amide bonds. The average Bonchev–Trinajstić information content (AvgIpc) is 3.12. The molecule has 4 nitrogen and oxygen atoms in total. The fourth-order valence-corrected chi connectivity index (χ4v) is 3.70. The molecule has 2 aliphatic rings. The number of hydrogen-bond acceptors (Lipinski definition) is 3. The Balaban J connectivity index is 1.43. The van der Waals surface area contributed by atoms with Crippen molar-refractivity contribution >= 4 is 10.9 Å². The van der Waals surface area contributed by atoms with Gasteiger partial charge in [0.1, 0.15) is 5.82 Å². The Morgan fingerprint density at radius 3 is 2.82 bits per heavy atom. The standard InChI is InChI=1S/C17H22FN3O/c18-14-4-3-5-15-16(14)13(9-20-15)8-19-10-17(11-22-12-17)21-6-1-2-7-21/h3-5,9,19-20H,1-2,6-8,10-12H2. The first kappa shape index (κ1) is 14.2. The third kappa shape index (κ3) is 2.33. The minimum absolute atomic E-state index is 0.154. The highest BCUT2D eigenvalue weighted by Gasteiger charge is 2.44. The van der Waals surface area contributed by atoms with Crippen LogP contribution in [0.5, 0.6) is 0 Å². The molecule has 0 bridgehead atoms. The SMILES string of the molecule is Fc1cccc2[nH]cc(CNCC3(N4CCCC4)COC3)c12. The zero-order chi connectivity index (χ0) is 15.0. The van der Waals surface area contributed by atoms with Crippen LogP contribution >= 0.6 is 0 Å². The van der Waals surface area contributed by atoms with Crippen LogP contribution in [0.3, 0.4) is 0 Å². The quantitative estimate of drug-likeness (QED) is 0.890. The summed E-state index contributed by atoms with van der Waals surface area (Å²) in [5, 5.41) is 4.22. The Kier molecular flexibility index (Phi) is 3.64. The molecule has 0 unspecified atom stereocenters. The molecule has 0 saturated carbocycles. The van der Waals surface area contributed by atoms with Crippen LogP contribution in [-0.2, 0) is 11.3 Å². The first-order valence-corrected chi connectivity index (χ1v) is 8.07. The molecule has 5 heteroatoms. The van der Waals surface area contributed by atoms with E-state index >= 15 is 0 Å². The number of ether oxygens (including phenoxy) is 1. The van der Waals surface area contributed by atoms with E-state index in [0.717, 1.165) is 30.8 Å². The maximum Gasteiger partial charge on any atom is 0.132 e. The van der Waals surface area contributed by atoms with E-state index in [0.29, 0.717) is 11.9 Å². The first-order chi connectivity index (χ1) is 10.8. The molecule has 2 aliphatic heterocycles. The predicted octanol–water partition coefficient (Wildman–Crippen LogP) is 2.26. The van der Waals surface area contributed by atoms with Crippen LogP contribution in [0.25, 0.3) is 10.9 Å². The maximum absolute atomic E-state index is 14.0. The van der Waals surface area contributed by atoms with Gasteiger partial charge in [-0.1, -0.05) is 6.07 Å². The van der Waals surface area contributed by atoms with E-state index in [1.165, 1.54) is 32.0 Å². The number of fused-ring (bicyclic) bond motifs is 1. The van der Waals surface area contributed by atoms with Gasteiger partial charge in [-0.3, -0.25) is 4.90 Å². The largest absolute Gasteiger partial charge is 0.377 e. The van der Waals surface area contributed by atoms with E-state index in [1.54, 1.807) is 6.07 Å². The lowest BCUT2D eigenvalue weighted by molar-refractivity contribution is -0.131. The highest BCUT2D eigenvalue weighted by atomic mass is 19.1. The van der Waals surface area contributed by atoms with Gasteiger partial charge in [-0.25, -0.2) is 4.39 Å². The number of hydrogen-bond donors (Lipinski definition) is 2. The molecule has 2 aromatic rings. The molecule has 0 aliphatic carbocycles. The van der Waals surface area contributed by atoms with E-state index in [1.807, 2.05) is 12.3 Å². The van der Waals surface area contributed by atoms with Crippen molar-refractivity contribution in [1.29, 1.82) is 0 Å². The van der Waals surface area contributed by atoms with Crippen LogP contribution in [0.4, 0.5) is 4.39 Å². The number of likely N-dealkylation sites (tertiary alicyclic amines) is 1. The topological polar surface area (TPSA) is 40.3 Å². The highest BCUT2D eigenvalue weighted by Crippen LogP contribution is 2.28. The number of H-pyrrole nitrogens is 1. The van der Waals surface area contributed by atoms with E-state index in [9.17, 15) is 4.39 Å². The Labute approximate surface area is 129 Å². The molecule has 22 heavy (non-hydrogen) atoms. The zero-order valence-electron chi connectivity index (χ0n) is 12.7. The molecule has 0 spiro atoms. The van der Waals surface area contributed by atoms with Crippen molar-refractivity contribution in [3.05, 3.63) is 35.8 Å². The summed E-state index contributed by atoms with van der Waals surface area (Å²) in [5.41, 5.74) is 2.00. The third-order valence-electron chi connectivity index (χ3n) is 5.02. The van der Waals surface area contributed by atoms with Crippen LogP contribution in [-0.4, -0.2) is 48.3 Å². The van der Waals surface area contributed by atoms with Crippen molar-refractivity contribution in [2.75, 3.05) is 32.8 Å². The Bertz CT molecular complexity index is 659. The van der Waals surface area contributed by atoms with Gasteiger partial charge >= 0.3 is 0 Å². The van der Waals surface area contributed by atoms with Gasteiger partial charge in [-0.05, 0) is 43.6 Å². The van der Waals surface area contributed by atoms with Gasteiger partial charge in [0.2, 0.25) is 0 Å². The van der Waals surface area contributed by atoms with E-state index in [-0.39, 0.29) is 11.4 Å². The molecule has 4 rings (SSSR count). The van der Waals surface area contributed by atoms with Crippen LogP contribution in [0.15, 0.2) is 24.4 Å². The zero-order valence-corrected chi connectivity index (χ0v) is 12.7. The number of aromatic nitrogens is 1. The molecular weight excluding hydrogens is 281 g/mol. The van der Waals surface area contributed by atoms with Crippen LogP contribution in [0.2, 0.25) is 0 Å². The second-order valence-electron chi connectivity index (χ2n) is 6.49. The van der Waals surface area contributed by atoms with Crippen molar-refractivity contribution in [1.82, 2.24) is 15.2 Å². The summed E-state index contributed by atoms with van der Waals surface area (Å²) < 4.78 is 19.5. The van der Waals surface area contributed by atoms with Crippen LogP contribution in [0, 0.1) is 5.82 Å². The molecule has 0 atom stereocenters. The summed E-state index contributed by atoms with van der Waals surface area (Å²) in [5.74, 6) is -0.156. The molecule has 3 heterocycles. The number of aromatic amines is 1. The molecule has 2 fully saturated rings. The Hall–Kier alpha value is -1.43. The van der Waals surface area contributed by atoms with Gasteiger partial charge in [0.05, 0.1) is 18.8 Å². The molecule has 1 aromatic carbocycles. The normalized spacial score (nSPS) is 21.3. The van der Waals surface area contributed by atoms with Crippen molar-refractivity contribution in [3.8, 4) is 0 Å². The minimum atomic E-state index is -0.156. The molecule has 118 valence electrons. The Morgan fingerprint density at radius 2 is 2.09 bits per heavy atom. The van der Waals surface area contributed by atoms with Crippen molar-refractivity contribution < 1.29 is 9.13 Å². The summed E-state index contributed by atoms with van der Waals surface area (Å²) in [6.07, 6.45) is 4.48. The molecular formula is C17H22FN3O. The van der Waals surface area contributed by atoms with Gasteiger partial charge < -0.3 is 15.0 Å².